The maximum absolute atomic E-state index is 13.4. The number of alkyl halides is 1. The SMILES string of the molecule is Cc1cc(C)c(C)c(C(Br)c2ccc(F)c(F)c2)c1C. The Morgan fingerprint density at radius 3 is 1.90 bits per heavy atom. The van der Waals surface area contributed by atoms with Crippen LogP contribution in [0.25, 0.3) is 0 Å². The second-order valence-electron chi connectivity index (χ2n) is 5.21. The Bertz CT molecular complexity index is 636. The highest BCUT2D eigenvalue weighted by Crippen LogP contribution is 2.37. The van der Waals surface area contributed by atoms with Gasteiger partial charge >= 0.3 is 0 Å². The molecule has 0 radical (unpaired) electrons. The zero-order chi connectivity index (χ0) is 15.0. The fourth-order valence-corrected chi connectivity index (χ4v) is 3.44. The third kappa shape index (κ3) is 2.64. The van der Waals surface area contributed by atoms with E-state index in [0.717, 1.165) is 11.1 Å². The van der Waals surface area contributed by atoms with Gasteiger partial charge in [0.15, 0.2) is 11.6 Å². The number of hydrogen-bond donors (Lipinski definition) is 0. The average molecular weight is 339 g/mol. The van der Waals surface area contributed by atoms with Gasteiger partial charge < -0.3 is 0 Å². The molecule has 0 aliphatic carbocycles. The van der Waals surface area contributed by atoms with Crippen LogP contribution in [0.3, 0.4) is 0 Å². The molecule has 0 spiro atoms. The Kier molecular flexibility index (Phi) is 4.28. The molecule has 3 heteroatoms. The first-order valence-electron chi connectivity index (χ1n) is 6.49. The fourth-order valence-electron chi connectivity index (χ4n) is 2.46. The molecule has 20 heavy (non-hydrogen) atoms. The largest absolute Gasteiger partial charge is 0.204 e. The zero-order valence-electron chi connectivity index (χ0n) is 12.0. The first-order valence-corrected chi connectivity index (χ1v) is 7.40. The second kappa shape index (κ2) is 5.65. The van der Waals surface area contributed by atoms with Crippen molar-refractivity contribution in [3.63, 3.8) is 0 Å². The molecule has 2 rings (SSSR count). The molecule has 2 aromatic rings. The predicted octanol–water partition coefficient (Wildman–Crippen LogP) is 5.68. The number of halogens is 3. The molecule has 0 saturated heterocycles. The summed E-state index contributed by atoms with van der Waals surface area (Å²) < 4.78 is 26.5. The van der Waals surface area contributed by atoms with E-state index in [2.05, 4.69) is 49.7 Å². The Hall–Kier alpha value is -1.22. The molecule has 0 fully saturated rings. The molecule has 0 aromatic heterocycles. The van der Waals surface area contributed by atoms with E-state index >= 15 is 0 Å². The van der Waals surface area contributed by atoms with E-state index in [9.17, 15) is 8.78 Å². The van der Waals surface area contributed by atoms with E-state index in [1.165, 1.54) is 34.4 Å². The standard InChI is InChI=1S/C17H17BrF2/c1-9-7-10(2)12(4)16(11(9)3)17(18)13-5-6-14(19)15(20)8-13/h5-8,17H,1-4H3. The molecular weight excluding hydrogens is 322 g/mol. The fraction of sp³-hybridized carbons (Fsp3) is 0.294. The summed E-state index contributed by atoms with van der Waals surface area (Å²) in [4.78, 5) is -0.142. The molecule has 2 aromatic carbocycles. The Morgan fingerprint density at radius 1 is 0.850 bits per heavy atom. The van der Waals surface area contributed by atoms with Crippen LogP contribution in [0, 0.1) is 39.3 Å². The van der Waals surface area contributed by atoms with Gasteiger partial charge in [0.25, 0.3) is 0 Å². The van der Waals surface area contributed by atoms with Gasteiger partial charge in [0.05, 0.1) is 4.83 Å². The molecule has 0 nitrogen and oxygen atoms in total. The first kappa shape index (κ1) is 15.2. The van der Waals surface area contributed by atoms with Crippen molar-refractivity contribution in [1.82, 2.24) is 0 Å². The zero-order valence-corrected chi connectivity index (χ0v) is 13.6. The molecule has 0 saturated carbocycles. The van der Waals surface area contributed by atoms with E-state index in [1.807, 2.05) is 0 Å². The van der Waals surface area contributed by atoms with Crippen LogP contribution in [0.5, 0.6) is 0 Å². The number of hydrogen-bond acceptors (Lipinski definition) is 0. The van der Waals surface area contributed by atoms with Gasteiger partial charge in [0.2, 0.25) is 0 Å². The predicted molar refractivity (Wildman–Crippen MR) is 82.5 cm³/mol. The number of rotatable bonds is 2. The van der Waals surface area contributed by atoms with E-state index in [0.29, 0.717) is 0 Å². The summed E-state index contributed by atoms with van der Waals surface area (Å²) in [7, 11) is 0. The smallest absolute Gasteiger partial charge is 0.159 e. The summed E-state index contributed by atoms with van der Waals surface area (Å²) in [6.45, 7) is 8.25. The average Bonchev–Trinajstić information content (AvgIpc) is 2.40. The highest BCUT2D eigenvalue weighted by atomic mass is 79.9. The topological polar surface area (TPSA) is 0 Å². The van der Waals surface area contributed by atoms with Crippen molar-refractivity contribution in [2.24, 2.45) is 0 Å². The van der Waals surface area contributed by atoms with Crippen molar-refractivity contribution in [2.45, 2.75) is 32.5 Å². The molecule has 106 valence electrons. The molecule has 0 heterocycles. The van der Waals surface area contributed by atoms with Gasteiger partial charge in [-0.25, -0.2) is 8.78 Å². The third-order valence-corrected chi connectivity index (χ3v) is 4.90. The normalized spacial score (nSPS) is 12.6. The Labute approximate surface area is 127 Å². The molecule has 0 N–H and O–H groups in total. The van der Waals surface area contributed by atoms with Crippen LogP contribution in [0.2, 0.25) is 0 Å². The first-order chi connectivity index (χ1) is 9.32. The van der Waals surface area contributed by atoms with Crippen molar-refractivity contribution in [2.75, 3.05) is 0 Å². The van der Waals surface area contributed by atoms with E-state index in [1.54, 1.807) is 6.07 Å². The maximum atomic E-state index is 13.4. The lowest BCUT2D eigenvalue weighted by atomic mass is 9.90. The molecule has 0 aliphatic heterocycles. The van der Waals surface area contributed by atoms with Crippen molar-refractivity contribution >= 4 is 15.9 Å². The number of benzene rings is 2. The monoisotopic (exact) mass is 338 g/mol. The van der Waals surface area contributed by atoms with Crippen molar-refractivity contribution in [3.8, 4) is 0 Å². The van der Waals surface area contributed by atoms with Crippen LogP contribution in [0.15, 0.2) is 24.3 Å². The minimum absolute atomic E-state index is 0.142. The van der Waals surface area contributed by atoms with E-state index in [-0.39, 0.29) is 4.83 Å². The summed E-state index contributed by atoms with van der Waals surface area (Å²) in [5.74, 6) is -1.63. The van der Waals surface area contributed by atoms with Gasteiger partial charge in [-0.2, -0.15) is 0 Å². The quantitative estimate of drug-likeness (QED) is 0.617. The lowest BCUT2D eigenvalue weighted by Crippen LogP contribution is -2.04. The summed E-state index contributed by atoms with van der Waals surface area (Å²) in [5, 5.41) is 0. The molecule has 1 atom stereocenters. The highest BCUT2D eigenvalue weighted by molar-refractivity contribution is 9.09. The van der Waals surface area contributed by atoms with Crippen LogP contribution < -0.4 is 0 Å². The van der Waals surface area contributed by atoms with Gasteiger partial charge in [0.1, 0.15) is 0 Å². The van der Waals surface area contributed by atoms with Crippen molar-refractivity contribution in [3.05, 3.63) is 69.3 Å². The Morgan fingerprint density at radius 2 is 1.40 bits per heavy atom. The van der Waals surface area contributed by atoms with Crippen LogP contribution in [0.4, 0.5) is 8.78 Å². The van der Waals surface area contributed by atoms with E-state index < -0.39 is 11.6 Å². The molecule has 0 amide bonds. The van der Waals surface area contributed by atoms with Crippen LogP contribution in [-0.2, 0) is 0 Å². The van der Waals surface area contributed by atoms with Gasteiger partial charge in [-0.1, -0.05) is 28.1 Å². The van der Waals surface area contributed by atoms with Gasteiger partial charge in [-0.05, 0) is 73.2 Å². The second-order valence-corrected chi connectivity index (χ2v) is 6.13. The minimum atomic E-state index is -0.817. The highest BCUT2D eigenvalue weighted by Gasteiger charge is 2.19. The maximum Gasteiger partial charge on any atom is 0.159 e. The molecule has 0 aliphatic rings. The minimum Gasteiger partial charge on any atom is -0.204 e. The van der Waals surface area contributed by atoms with Crippen LogP contribution in [-0.4, -0.2) is 0 Å². The molecule has 1 unspecified atom stereocenters. The van der Waals surface area contributed by atoms with Crippen LogP contribution >= 0.6 is 15.9 Å². The van der Waals surface area contributed by atoms with E-state index in [4.69, 9.17) is 0 Å². The van der Waals surface area contributed by atoms with Crippen molar-refractivity contribution in [1.29, 1.82) is 0 Å². The summed E-state index contributed by atoms with van der Waals surface area (Å²) in [5.41, 5.74) is 6.62. The third-order valence-electron chi connectivity index (χ3n) is 3.91. The number of aryl methyl sites for hydroxylation is 2. The lowest BCUT2D eigenvalue weighted by Gasteiger charge is -2.20. The summed E-state index contributed by atoms with van der Waals surface area (Å²) in [6, 6.07) is 6.20. The Balaban J connectivity index is 2.58. The lowest BCUT2D eigenvalue weighted by molar-refractivity contribution is 0.507. The van der Waals surface area contributed by atoms with Crippen LogP contribution in [0.1, 0.15) is 38.2 Å². The summed E-state index contributed by atoms with van der Waals surface area (Å²) in [6.07, 6.45) is 0. The van der Waals surface area contributed by atoms with Crippen molar-refractivity contribution < 1.29 is 8.78 Å². The summed E-state index contributed by atoms with van der Waals surface area (Å²) >= 11 is 3.63. The van der Waals surface area contributed by atoms with Gasteiger partial charge in [-0.3, -0.25) is 0 Å². The molecule has 0 bridgehead atoms. The molecular formula is C17H17BrF2. The van der Waals surface area contributed by atoms with Gasteiger partial charge in [-0.15, -0.1) is 0 Å². The van der Waals surface area contributed by atoms with Gasteiger partial charge in [0, 0.05) is 0 Å².